The van der Waals surface area contributed by atoms with E-state index in [2.05, 4.69) is 10.2 Å². The third-order valence-electron chi connectivity index (χ3n) is 3.65. The molecule has 0 aromatic heterocycles. The molecular weight excluding hydrogens is 244 g/mol. The number of piperidine rings is 1. The van der Waals surface area contributed by atoms with Crippen LogP contribution in [-0.4, -0.2) is 54.8 Å². The Kier molecular flexibility index (Phi) is 5.66. The predicted molar refractivity (Wildman–Crippen MR) is 72.6 cm³/mol. The minimum Gasteiger partial charge on any atom is -0.488 e. The molecule has 2 aliphatic rings. The molecule has 1 saturated heterocycles. The van der Waals surface area contributed by atoms with Crippen molar-refractivity contribution in [1.29, 1.82) is 0 Å². The quantitative estimate of drug-likeness (QED) is 0.719. The Morgan fingerprint density at radius 3 is 2.95 bits per heavy atom. The van der Waals surface area contributed by atoms with Gasteiger partial charge in [-0.2, -0.15) is 0 Å². The van der Waals surface area contributed by atoms with Crippen LogP contribution < -0.4 is 5.32 Å². The first-order valence-corrected chi connectivity index (χ1v) is 7.27. The third-order valence-corrected chi connectivity index (χ3v) is 3.65. The summed E-state index contributed by atoms with van der Waals surface area (Å²) < 4.78 is 5.31. The number of rotatable bonds is 5. The maximum atomic E-state index is 11.7. The van der Waals surface area contributed by atoms with Crippen molar-refractivity contribution in [2.45, 2.75) is 38.2 Å². The Hall–Kier alpha value is -1.07. The van der Waals surface area contributed by atoms with Crippen molar-refractivity contribution >= 4 is 5.91 Å². The average molecular weight is 268 g/mol. The van der Waals surface area contributed by atoms with E-state index in [0.29, 0.717) is 18.9 Å². The van der Waals surface area contributed by atoms with E-state index in [4.69, 9.17) is 4.74 Å². The second kappa shape index (κ2) is 7.50. The van der Waals surface area contributed by atoms with Gasteiger partial charge in [0.1, 0.15) is 0 Å². The molecule has 0 radical (unpaired) electrons. The first-order valence-electron chi connectivity index (χ1n) is 7.27. The predicted octanol–water partition coefficient (Wildman–Crippen LogP) is 0.644. The summed E-state index contributed by atoms with van der Waals surface area (Å²) in [6.07, 6.45) is 6.35. The highest BCUT2D eigenvalue weighted by molar-refractivity contribution is 5.91. The van der Waals surface area contributed by atoms with Crippen molar-refractivity contribution < 1.29 is 14.6 Å². The van der Waals surface area contributed by atoms with E-state index in [1.165, 1.54) is 0 Å². The van der Waals surface area contributed by atoms with Crippen molar-refractivity contribution in [3.63, 3.8) is 0 Å². The van der Waals surface area contributed by atoms with E-state index < -0.39 is 0 Å². The fraction of sp³-hybridized carbons (Fsp3) is 0.786. The van der Waals surface area contributed by atoms with Gasteiger partial charge in [0, 0.05) is 19.6 Å². The second-order valence-electron chi connectivity index (χ2n) is 5.24. The molecule has 2 N–H and O–H groups in total. The van der Waals surface area contributed by atoms with Crippen LogP contribution in [-0.2, 0) is 9.53 Å². The summed E-state index contributed by atoms with van der Waals surface area (Å²) in [5.74, 6) is 0.390. The molecule has 108 valence electrons. The fourth-order valence-electron chi connectivity index (χ4n) is 2.45. The maximum Gasteiger partial charge on any atom is 0.286 e. The average Bonchev–Trinajstić information content (AvgIpc) is 2.46. The highest BCUT2D eigenvalue weighted by Gasteiger charge is 2.16. The van der Waals surface area contributed by atoms with Gasteiger partial charge in [0.2, 0.25) is 0 Å². The van der Waals surface area contributed by atoms with Gasteiger partial charge in [-0.25, -0.2) is 0 Å². The standard InChI is InChI=1S/C14H24N2O3/c17-12-5-9-16(10-6-12)8-3-7-15-14(18)13-4-1-2-11-19-13/h4,12,17H,1-3,5-11H2,(H,15,18). The molecular formula is C14H24N2O3. The van der Waals surface area contributed by atoms with E-state index in [9.17, 15) is 9.90 Å². The molecule has 0 saturated carbocycles. The van der Waals surface area contributed by atoms with Crippen molar-refractivity contribution in [2.75, 3.05) is 32.8 Å². The van der Waals surface area contributed by atoms with Gasteiger partial charge in [0.25, 0.3) is 5.91 Å². The number of aliphatic hydroxyl groups is 1. The number of nitrogens with zero attached hydrogens (tertiary/aromatic N) is 1. The van der Waals surface area contributed by atoms with Gasteiger partial charge < -0.3 is 20.1 Å². The fourth-order valence-corrected chi connectivity index (χ4v) is 2.45. The molecule has 0 unspecified atom stereocenters. The number of hydrogen-bond donors (Lipinski definition) is 2. The molecule has 5 nitrogen and oxygen atoms in total. The van der Waals surface area contributed by atoms with E-state index >= 15 is 0 Å². The first kappa shape index (κ1) is 14.3. The van der Waals surface area contributed by atoms with Crippen LogP contribution >= 0.6 is 0 Å². The van der Waals surface area contributed by atoms with Gasteiger partial charge in [-0.05, 0) is 44.7 Å². The minimum atomic E-state index is -0.119. The molecule has 0 aromatic carbocycles. The van der Waals surface area contributed by atoms with Gasteiger partial charge in [-0.3, -0.25) is 4.79 Å². The van der Waals surface area contributed by atoms with Gasteiger partial charge >= 0.3 is 0 Å². The Balaban J connectivity index is 1.56. The van der Waals surface area contributed by atoms with Crippen LogP contribution in [0.1, 0.15) is 32.1 Å². The number of aliphatic hydroxyl groups excluding tert-OH is 1. The molecule has 0 atom stereocenters. The summed E-state index contributed by atoms with van der Waals surface area (Å²) in [7, 11) is 0. The maximum absolute atomic E-state index is 11.7. The molecule has 0 spiro atoms. The summed E-state index contributed by atoms with van der Waals surface area (Å²) in [6.45, 7) is 4.23. The molecule has 5 heteroatoms. The number of hydrogen-bond acceptors (Lipinski definition) is 4. The Labute approximate surface area is 114 Å². The minimum absolute atomic E-state index is 0.0891. The van der Waals surface area contributed by atoms with E-state index in [0.717, 1.165) is 51.7 Å². The summed E-state index contributed by atoms with van der Waals surface area (Å²) in [6, 6.07) is 0. The first-order chi connectivity index (χ1) is 9.25. The van der Waals surface area contributed by atoms with Crippen LogP contribution in [0.25, 0.3) is 0 Å². The van der Waals surface area contributed by atoms with E-state index in [1.54, 1.807) is 0 Å². The zero-order valence-electron chi connectivity index (χ0n) is 11.4. The highest BCUT2D eigenvalue weighted by Crippen LogP contribution is 2.10. The van der Waals surface area contributed by atoms with Crippen LogP contribution in [0.15, 0.2) is 11.8 Å². The lowest BCUT2D eigenvalue weighted by molar-refractivity contribution is -0.121. The largest absolute Gasteiger partial charge is 0.488 e. The van der Waals surface area contributed by atoms with Crippen LogP contribution in [0.4, 0.5) is 0 Å². The summed E-state index contributed by atoms with van der Waals surface area (Å²) in [5, 5.41) is 12.3. The van der Waals surface area contributed by atoms with Crippen LogP contribution in [0.3, 0.4) is 0 Å². The molecule has 2 aliphatic heterocycles. The van der Waals surface area contributed by atoms with E-state index in [-0.39, 0.29) is 12.0 Å². The molecule has 19 heavy (non-hydrogen) atoms. The van der Waals surface area contributed by atoms with E-state index in [1.807, 2.05) is 6.08 Å². The Morgan fingerprint density at radius 1 is 1.47 bits per heavy atom. The summed E-state index contributed by atoms with van der Waals surface area (Å²) >= 11 is 0. The second-order valence-corrected chi connectivity index (χ2v) is 5.24. The monoisotopic (exact) mass is 268 g/mol. The third kappa shape index (κ3) is 4.84. The molecule has 0 aliphatic carbocycles. The molecule has 0 aromatic rings. The van der Waals surface area contributed by atoms with Gasteiger partial charge in [-0.15, -0.1) is 0 Å². The smallest absolute Gasteiger partial charge is 0.286 e. The van der Waals surface area contributed by atoms with Crippen LogP contribution in [0.2, 0.25) is 0 Å². The lowest BCUT2D eigenvalue weighted by Gasteiger charge is -2.29. The molecule has 2 rings (SSSR count). The lowest BCUT2D eigenvalue weighted by atomic mass is 10.1. The number of allylic oxidation sites excluding steroid dienone is 1. The number of likely N-dealkylation sites (tertiary alicyclic amines) is 1. The van der Waals surface area contributed by atoms with Gasteiger partial charge in [0.15, 0.2) is 5.76 Å². The zero-order valence-corrected chi connectivity index (χ0v) is 11.4. The number of nitrogens with one attached hydrogen (secondary N) is 1. The zero-order chi connectivity index (χ0) is 13.5. The summed E-state index contributed by atoms with van der Waals surface area (Å²) in [4.78, 5) is 14.1. The number of carbonyl (C=O) groups excluding carboxylic acids is 1. The molecule has 2 heterocycles. The SMILES string of the molecule is O=C(NCCCN1CCC(O)CC1)C1=CCCCO1. The topological polar surface area (TPSA) is 61.8 Å². The van der Waals surface area contributed by atoms with Crippen molar-refractivity contribution in [1.82, 2.24) is 10.2 Å². The summed E-state index contributed by atoms with van der Waals surface area (Å²) in [5.41, 5.74) is 0. The normalized spacial score (nSPS) is 21.6. The Morgan fingerprint density at radius 2 is 2.26 bits per heavy atom. The molecule has 0 bridgehead atoms. The number of amides is 1. The van der Waals surface area contributed by atoms with Gasteiger partial charge in [0.05, 0.1) is 12.7 Å². The van der Waals surface area contributed by atoms with Crippen LogP contribution in [0.5, 0.6) is 0 Å². The van der Waals surface area contributed by atoms with Gasteiger partial charge in [-0.1, -0.05) is 0 Å². The Bertz CT molecular complexity index is 323. The lowest BCUT2D eigenvalue weighted by Crippen LogP contribution is -2.37. The van der Waals surface area contributed by atoms with Crippen LogP contribution in [0, 0.1) is 0 Å². The van der Waals surface area contributed by atoms with Crippen molar-refractivity contribution in [3.8, 4) is 0 Å². The highest BCUT2D eigenvalue weighted by atomic mass is 16.5. The molecule has 1 amide bonds. The molecule has 1 fully saturated rings. The number of carbonyl (C=O) groups is 1. The van der Waals surface area contributed by atoms with Crippen molar-refractivity contribution in [2.24, 2.45) is 0 Å². The number of ether oxygens (including phenoxy) is 1. The van der Waals surface area contributed by atoms with Crippen molar-refractivity contribution in [3.05, 3.63) is 11.8 Å².